The van der Waals surface area contributed by atoms with Crippen LogP contribution in [-0.2, 0) is 16.6 Å². The van der Waals surface area contributed by atoms with Crippen LogP contribution in [0, 0.1) is 5.92 Å². The second kappa shape index (κ2) is 7.87. The molecule has 0 bridgehead atoms. The minimum Gasteiger partial charge on any atom is -0.297 e. The van der Waals surface area contributed by atoms with Gasteiger partial charge in [-0.25, -0.2) is 13.1 Å². The molecule has 0 amide bonds. The van der Waals surface area contributed by atoms with Crippen LogP contribution >= 0.6 is 0 Å². The van der Waals surface area contributed by atoms with Gasteiger partial charge in [0.05, 0.1) is 11.4 Å². The average Bonchev–Trinajstić information content (AvgIpc) is 2.47. The van der Waals surface area contributed by atoms with Crippen molar-refractivity contribution in [3.63, 3.8) is 0 Å². The summed E-state index contributed by atoms with van der Waals surface area (Å²) in [5.41, 5.74) is 1.07. The highest BCUT2D eigenvalue weighted by atomic mass is 32.2. The molecule has 0 saturated carbocycles. The van der Waals surface area contributed by atoms with Gasteiger partial charge in [-0.05, 0) is 43.9 Å². The van der Waals surface area contributed by atoms with E-state index in [1.54, 1.807) is 0 Å². The number of sulfonamides is 1. The van der Waals surface area contributed by atoms with Crippen molar-refractivity contribution in [1.29, 1.82) is 0 Å². The molecular weight excluding hydrogens is 286 g/mol. The van der Waals surface area contributed by atoms with Crippen molar-refractivity contribution in [3.05, 3.63) is 30.1 Å². The molecule has 2 heterocycles. The van der Waals surface area contributed by atoms with E-state index in [9.17, 15) is 8.42 Å². The van der Waals surface area contributed by atoms with E-state index in [2.05, 4.69) is 14.6 Å². The molecule has 118 valence electrons. The Balaban J connectivity index is 1.81. The van der Waals surface area contributed by atoms with Crippen molar-refractivity contribution in [1.82, 2.24) is 14.6 Å². The molecule has 21 heavy (non-hydrogen) atoms. The Bertz CT molecular complexity index is 519. The second-order valence-electron chi connectivity index (χ2n) is 5.73. The lowest BCUT2D eigenvalue weighted by Gasteiger charge is -2.32. The Labute approximate surface area is 127 Å². The number of nitrogens with zero attached hydrogens (tertiary/aromatic N) is 2. The van der Waals surface area contributed by atoms with Crippen molar-refractivity contribution in [3.8, 4) is 0 Å². The minimum atomic E-state index is -3.09. The Hall–Kier alpha value is -0.980. The Morgan fingerprint density at radius 2 is 2.29 bits per heavy atom. The number of likely N-dealkylation sites (tertiary alicyclic amines) is 1. The highest BCUT2D eigenvalue weighted by molar-refractivity contribution is 7.89. The topological polar surface area (TPSA) is 62.3 Å². The first-order valence-corrected chi connectivity index (χ1v) is 9.34. The maximum atomic E-state index is 11.7. The third kappa shape index (κ3) is 5.73. The number of hydrogen-bond acceptors (Lipinski definition) is 4. The molecule has 1 saturated heterocycles. The van der Waals surface area contributed by atoms with E-state index in [0.717, 1.165) is 38.2 Å². The van der Waals surface area contributed by atoms with E-state index in [4.69, 9.17) is 0 Å². The van der Waals surface area contributed by atoms with Gasteiger partial charge < -0.3 is 0 Å². The molecule has 1 fully saturated rings. The summed E-state index contributed by atoms with van der Waals surface area (Å²) in [4.78, 5) is 6.72. The molecule has 0 aromatic carbocycles. The molecule has 2 rings (SSSR count). The number of nitrogens with one attached hydrogen (secondary N) is 1. The molecule has 1 atom stereocenters. The van der Waals surface area contributed by atoms with E-state index < -0.39 is 10.0 Å². The lowest BCUT2D eigenvalue weighted by molar-refractivity contribution is 0.167. The predicted octanol–water partition coefficient (Wildman–Crippen LogP) is 1.62. The van der Waals surface area contributed by atoms with Gasteiger partial charge in [-0.1, -0.05) is 13.0 Å². The van der Waals surface area contributed by atoms with Gasteiger partial charge >= 0.3 is 0 Å². The Morgan fingerprint density at radius 3 is 3.00 bits per heavy atom. The number of hydrogen-bond donors (Lipinski definition) is 1. The maximum Gasteiger partial charge on any atom is 0.211 e. The lowest BCUT2D eigenvalue weighted by Crippen LogP contribution is -2.41. The molecule has 1 N–H and O–H groups in total. The number of piperidine rings is 1. The smallest absolute Gasteiger partial charge is 0.211 e. The van der Waals surface area contributed by atoms with Gasteiger partial charge in [0, 0.05) is 25.8 Å². The quantitative estimate of drug-likeness (QED) is 0.831. The van der Waals surface area contributed by atoms with Crippen LogP contribution in [0.4, 0.5) is 0 Å². The summed E-state index contributed by atoms with van der Waals surface area (Å²) >= 11 is 0. The highest BCUT2D eigenvalue weighted by Crippen LogP contribution is 2.17. The zero-order chi connectivity index (χ0) is 15.1. The van der Waals surface area contributed by atoms with Crippen LogP contribution in [-0.4, -0.2) is 43.7 Å². The second-order valence-corrected chi connectivity index (χ2v) is 7.66. The fraction of sp³-hybridized carbons (Fsp3) is 0.667. The van der Waals surface area contributed by atoms with Gasteiger partial charge in [0.25, 0.3) is 0 Å². The summed E-state index contributed by atoms with van der Waals surface area (Å²) in [5, 5.41) is 0. The van der Waals surface area contributed by atoms with Gasteiger partial charge in [-0.15, -0.1) is 0 Å². The molecule has 1 aromatic rings. The van der Waals surface area contributed by atoms with E-state index in [1.165, 1.54) is 0 Å². The summed E-state index contributed by atoms with van der Waals surface area (Å²) in [6.07, 6.45) is 4.68. The Morgan fingerprint density at radius 1 is 1.43 bits per heavy atom. The van der Waals surface area contributed by atoms with Gasteiger partial charge in [-0.2, -0.15) is 0 Å². The van der Waals surface area contributed by atoms with Gasteiger partial charge in [0.15, 0.2) is 0 Å². The molecular formula is C15H25N3O2S. The van der Waals surface area contributed by atoms with Crippen LogP contribution in [0.25, 0.3) is 0 Å². The van der Waals surface area contributed by atoms with E-state index in [-0.39, 0.29) is 5.75 Å². The summed E-state index contributed by atoms with van der Waals surface area (Å²) in [6.45, 7) is 5.29. The zero-order valence-corrected chi connectivity index (χ0v) is 13.5. The lowest BCUT2D eigenvalue weighted by atomic mass is 9.98. The average molecular weight is 311 g/mol. The van der Waals surface area contributed by atoms with Gasteiger partial charge in [-0.3, -0.25) is 9.88 Å². The fourth-order valence-corrected chi connectivity index (χ4v) is 3.94. The largest absolute Gasteiger partial charge is 0.297 e. The number of aromatic nitrogens is 1. The van der Waals surface area contributed by atoms with Crippen LogP contribution in [0.2, 0.25) is 0 Å². The van der Waals surface area contributed by atoms with Gasteiger partial charge in [0.2, 0.25) is 10.0 Å². The predicted molar refractivity (Wildman–Crippen MR) is 84.3 cm³/mol. The van der Waals surface area contributed by atoms with Crippen molar-refractivity contribution in [2.24, 2.45) is 5.92 Å². The monoisotopic (exact) mass is 311 g/mol. The SMILES string of the molecule is CCCS(=O)(=O)NCC1CCCN(Cc2ccccn2)C1. The molecule has 1 aromatic heterocycles. The van der Waals surface area contributed by atoms with Crippen molar-refractivity contribution in [2.45, 2.75) is 32.7 Å². The first-order valence-electron chi connectivity index (χ1n) is 7.68. The van der Waals surface area contributed by atoms with Crippen LogP contribution < -0.4 is 4.72 Å². The highest BCUT2D eigenvalue weighted by Gasteiger charge is 2.21. The summed E-state index contributed by atoms with van der Waals surface area (Å²) < 4.78 is 26.2. The summed E-state index contributed by atoms with van der Waals surface area (Å²) in [5.74, 6) is 0.617. The molecule has 1 unspecified atom stereocenters. The first kappa shape index (κ1) is 16.4. The Kier molecular flexibility index (Phi) is 6.14. The number of rotatable bonds is 7. The standard InChI is InChI=1S/C15H25N3O2S/c1-2-10-21(19,20)17-11-14-6-5-9-18(12-14)13-15-7-3-4-8-16-15/h3-4,7-8,14,17H,2,5-6,9-13H2,1H3. The van der Waals surface area contributed by atoms with Crippen LogP contribution in [0.5, 0.6) is 0 Å². The third-order valence-electron chi connectivity index (χ3n) is 3.78. The zero-order valence-electron chi connectivity index (χ0n) is 12.7. The molecule has 6 heteroatoms. The minimum absolute atomic E-state index is 0.220. The normalized spacial score (nSPS) is 20.5. The van der Waals surface area contributed by atoms with E-state index >= 15 is 0 Å². The summed E-state index contributed by atoms with van der Waals surface area (Å²) in [6, 6.07) is 5.96. The number of pyridine rings is 1. The molecule has 1 aliphatic heterocycles. The van der Waals surface area contributed by atoms with Crippen molar-refractivity contribution >= 4 is 10.0 Å². The fourth-order valence-electron chi connectivity index (χ4n) is 2.77. The van der Waals surface area contributed by atoms with Crippen LogP contribution in [0.1, 0.15) is 31.9 Å². The van der Waals surface area contributed by atoms with Crippen molar-refractivity contribution in [2.75, 3.05) is 25.4 Å². The molecule has 0 aliphatic carbocycles. The molecule has 0 radical (unpaired) electrons. The van der Waals surface area contributed by atoms with E-state index in [1.807, 2.05) is 31.3 Å². The summed E-state index contributed by atoms with van der Waals surface area (Å²) in [7, 11) is -3.09. The van der Waals surface area contributed by atoms with Crippen LogP contribution in [0.15, 0.2) is 24.4 Å². The molecule has 1 aliphatic rings. The third-order valence-corrected chi connectivity index (χ3v) is 5.33. The molecule has 5 nitrogen and oxygen atoms in total. The van der Waals surface area contributed by atoms with Crippen molar-refractivity contribution < 1.29 is 8.42 Å². The molecule has 0 spiro atoms. The maximum absolute atomic E-state index is 11.7. The van der Waals surface area contributed by atoms with Gasteiger partial charge in [0.1, 0.15) is 0 Å². The van der Waals surface area contributed by atoms with Crippen LogP contribution in [0.3, 0.4) is 0 Å². The van der Waals surface area contributed by atoms with E-state index in [0.29, 0.717) is 18.9 Å². The first-order chi connectivity index (χ1) is 10.1.